The number of aromatic nitrogens is 1. The Hall–Kier alpha value is -2.53. The molecule has 0 atom stereocenters. The zero-order valence-electron chi connectivity index (χ0n) is 15.2. The maximum Gasteiger partial charge on any atom is 0.252 e. The Morgan fingerprint density at radius 1 is 1.15 bits per heavy atom. The van der Waals surface area contributed by atoms with Crippen LogP contribution in [0.4, 0.5) is 0 Å². The van der Waals surface area contributed by atoms with Crippen LogP contribution < -0.4 is 10.1 Å². The fraction of sp³-hybridized carbons (Fsp3) is 0.238. The minimum absolute atomic E-state index is 0.0767. The summed E-state index contributed by atoms with van der Waals surface area (Å²) in [4.78, 5) is 18.4. The molecule has 1 N–H and O–H groups in total. The van der Waals surface area contributed by atoms with Gasteiger partial charge < -0.3 is 10.1 Å². The van der Waals surface area contributed by atoms with Gasteiger partial charge in [-0.05, 0) is 57.2 Å². The van der Waals surface area contributed by atoms with E-state index >= 15 is 0 Å². The third-order valence-corrected chi connectivity index (χ3v) is 4.64. The Bertz CT molecular complexity index is 908. The van der Waals surface area contributed by atoms with E-state index in [4.69, 9.17) is 9.72 Å². The van der Waals surface area contributed by atoms with Crippen LogP contribution in [0.3, 0.4) is 0 Å². The van der Waals surface area contributed by atoms with Crippen molar-refractivity contribution in [1.82, 2.24) is 10.3 Å². The number of fused-ring (bicyclic) bond motifs is 1. The van der Waals surface area contributed by atoms with E-state index in [1.165, 1.54) is 11.8 Å². The second-order valence-electron chi connectivity index (χ2n) is 6.16. The number of hydrogen-bond donors (Lipinski definition) is 1. The van der Waals surface area contributed by atoms with Gasteiger partial charge in [-0.1, -0.05) is 30.0 Å². The first-order valence-electron chi connectivity index (χ1n) is 8.68. The molecule has 0 spiro atoms. The van der Waals surface area contributed by atoms with E-state index in [1.807, 2.05) is 75.4 Å². The summed E-state index contributed by atoms with van der Waals surface area (Å²) < 4.78 is 5.48. The minimum Gasteiger partial charge on any atom is -0.494 e. The van der Waals surface area contributed by atoms with Gasteiger partial charge in [0.15, 0.2) is 0 Å². The summed E-state index contributed by atoms with van der Waals surface area (Å²) in [6.07, 6.45) is 0. The van der Waals surface area contributed by atoms with Crippen LogP contribution in [0.2, 0.25) is 0 Å². The molecule has 0 saturated carbocycles. The molecule has 0 fully saturated rings. The molecular formula is C21H22N2O2S. The average Bonchev–Trinajstić information content (AvgIpc) is 2.62. The van der Waals surface area contributed by atoms with E-state index in [0.717, 1.165) is 26.6 Å². The number of benzene rings is 2. The van der Waals surface area contributed by atoms with E-state index in [2.05, 4.69) is 5.32 Å². The zero-order valence-corrected chi connectivity index (χ0v) is 16.0. The molecule has 3 rings (SSSR count). The lowest BCUT2D eigenvalue weighted by molar-refractivity contribution is 0.0944. The highest BCUT2D eigenvalue weighted by molar-refractivity contribution is 7.99. The van der Waals surface area contributed by atoms with Crippen LogP contribution in [0.1, 0.15) is 31.1 Å². The summed E-state index contributed by atoms with van der Waals surface area (Å²) in [5, 5.41) is 4.63. The highest BCUT2D eigenvalue weighted by atomic mass is 32.2. The van der Waals surface area contributed by atoms with Crippen molar-refractivity contribution in [2.45, 2.75) is 36.7 Å². The summed E-state index contributed by atoms with van der Waals surface area (Å²) in [7, 11) is 0. The maximum absolute atomic E-state index is 12.6. The zero-order chi connectivity index (χ0) is 18.5. The molecule has 0 radical (unpaired) electrons. The number of rotatable bonds is 6. The Labute approximate surface area is 158 Å². The lowest BCUT2D eigenvalue weighted by Crippen LogP contribution is -2.30. The van der Waals surface area contributed by atoms with Crippen LogP contribution in [0, 0.1) is 0 Å². The molecule has 1 heterocycles. The third kappa shape index (κ3) is 4.35. The van der Waals surface area contributed by atoms with Crippen LogP contribution in [0.25, 0.3) is 10.9 Å². The molecule has 0 unspecified atom stereocenters. The molecule has 1 aromatic heterocycles. The minimum atomic E-state index is -0.0767. The van der Waals surface area contributed by atoms with E-state index in [9.17, 15) is 4.79 Å². The molecule has 4 nitrogen and oxygen atoms in total. The number of carbonyl (C=O) groups is 1. The first-order chi connectivity index (χ1) is 12.6. The van der Waals surface area contributed by atoms with Gasteiger partial charge >= 0.3 is 0 Å². The Morgan fingerprint density at radius 2 is 1.88 bits per heavy atom. The molecule has 0 bridgehead atoms. The predicted octanol–water partition coefficient (Wildman–Crippen LogP) is 4.92. The first kappa shape index (κ1) is 18.3. The lowest BCUT2D eigenvalue weighted by Gasteiger charge is -2.12. The van der Waals surface area contributed by atoms with Crippen molar-refractivity contribution < 1.29 is 9.53 Å². The van der Waals surface area contributed by atoms with Gasteiger partial charge in [0, 0.05) is 16.3 Å². The SMILES string of the molecule is CCOc1ccc(Sc2cc(C(=O)NC(C)C)c3ccccc3n2)cc1. The standard InChI is InChI=1S/C21H22N2O2S/c1-4-25-15-9-11-16(12-10-15)26-20-13-18(21(24)22-14(2)3)17-7-5-6-8-19(17)23-20/h5-14H,4H2,1-3H3,(H,22,24). The lowest BCUT2D eigenvalue weighted by atomic mass is 10.1. The van der Waals surface area contributed by atoms with Crippen molar-refractivity contribution in [1.29, 1.82) is 0 Å². The number of carbonyl (C=O) groups excluding carboxylic acids is 1. The van der Waals surface area contributed by atoms with Gasteiger partial charge in [-0.25, -0.2) is 4.98 Å². The number of hydrogen-bond acceptors (Lipinski definition) is 4. The molecule has 3 aromatic rings. The van der Waals surface area contributed by atoms with Crippen LogP contribution in [-0.2, 0) is 0 Å². The van der Waals surface area contributed by atoms with Crippen LogP contribution in [0.5, 0.6) is 5.75 Å². The monoisotopic (exact) mass is 366 g/mol. The summed E-state index contributed by atoms with van der Waals surface area (Å²) in [6.45, 7) is 6.52. The number of pyridine rings is 1. The number of nitrogens with one attached hydrogen (secondary N) is 1. The molecular weight excluding hydrogens is 344 g/mol. The first-order valence-corrected chi connectivity index (χ1v) is 9.50. The van der Waals surface area contributed by atoms with Crippen molar-refractivity contribution in [3.05, 3.63) is 60.2 Å². The average molecular weight is 366 g/mol. The molecule has 2 aromatic carbocycles. The Kier molecular flexibility index (Phi) is 5.78. The van der Waals surface area contributed by atoms with E-state index in [0.29, 0.717) is 12.2 Å². The highest BCUT2D eigenvalue weighted by Gasteiger charge is 2.14. The highest BCUT2D eigenvalue weighted by Crippen LogP contribution is 2.31. The molecule has 26 heavy (non-hydrogen) atoms. The van der Waals surface area contributed by atoms with Gasteiger partial charge in [0.1, 0.15) is 10.8 Å². The quantitative estimate of drug-likeness (QED) is 0.672. The molecule has 134 valence electrons. The normalized spacial score (nSPS) is 10.9. The van der Waals surface area contributed by atoms with Gasteiger partial charge in [-0.2, -0.15) is 0 Å². The molecule has 0 aliphatic carbocycles. The van der Waals surface area contributed by atoms with E-state index in [1.54, 1.807) is 0 Å². The number of nitrogens with zero attached hydrogens (tertiary/aromatic N) is 1. The topological polar surface area (TPSA) is 51.2 Å². The van der Waals surface area contributed by atoms with Gasteiger partial charge in [-0.3, -0.25) is 4.79 Å². The predicted molar refractivity (Wildman–Crippen MR) is 106 cm³/mol. The van der Waals surface area contributed by atoms with Crippen molar-refractivity contribution in [2.24, 2.45) is 0 Å². The summed E-state index contributed by atoms with van der Waals surface area (Å²) in [5.41, 5.74) is 1.47. The van der Waals surface area contributed by atoms with Crippen LogP contribution >= 0.6 is 11.8 Å². The second kappa shape index (κ2) is 8.23. The van der Waals surface area contributed by atoms with Gasteiger partial charge in [-0.15, -0.1) is 0 Å². The van der Waals surface area contributed by atoms with Crippen molar-refractivity contribution in [3.63, 3.8) is 0 Å². The smallest absolute Gasteiger partial charge is 0.252 e. The van der Waals surface area contributed by atoms with Crippen molar-refractivity contribution in [3.8, 4) is 5.75 Å². The number of ether oxygens (including phenoxy) is 1. The third-order valence-electron chi connectivity index (χ3n) is 3.71. The number of para-hydroxylation sites is 1. The Balaban J connectivity index is 1.94. The van der Waals surface area contributed by atoms with Crippen molar-refractivity contribution in [2.75, 3.05) is 6.61 Å². The van der Waals surface area contributed by atoms with E-state index < -0.39 is 0 Å². The number of amides is 1. The maximum atomic E-state index is 12.6. The van der Waals surface area contributed by atoms with Crippen molar-refractivity contribution >= 4 is 28.6 Å². The van der Waals surface area contributed by atoms with Crippen LogP contribution in [0.15, 0.2) is 64.5 Å². The summed E-state index contributed by atoms with van der Waals surface area (Å²) >= 11 is 1.53. The summed E-state index contributed by atoms with van der Waals surface area (Å²) in [5.74, 6) is 0.771. The molecule has 0 aliphatic rings. The second-order valence-corrected chi connectivity index (χ2v) is 7.25. The van der Waals surface area contributed by atoms with Gasteiger partial charge in [0.25, 0.3) is 5.91 Å². The van der Waals surface area contributed by atoms with Gasteiger partial charge in [0.2, 0.25) is 0 Å². The molecule has 0 saturated heterocycles. The molecule has 5 heteroatoms. The van der Waals surface area contributed by atoms with Gasteiger partial charge in [0.05, 0.1) is 17.7 Å². The summed E-state index contributed by atoms with van der Waals surface area (Å²) in [6, 6.07) is 17.6. The van der Waals surface area contributed by atoms with E-state index in [-0.39, 0.29) is 11.9 Å². The largest absolute Gasteiger partial charge is 0.494 e. The molecule has 0 aliphatic heterocycles. The fourth-order valence-corrected chi connectivity index (χ4v) is 3.46. The Morgan fingerprint density at radius 3 is 2.58 bits per heavy atom. The van der Waals surface area contributed by atoms with Crippen LogP contribution in [-0.4, -0.2) is 23.5 Å². The molecule has 1 amide bonds. The fourth-order valence-electron chi connectivity index (χ4n) is 2.62.